The molecule has 0 unspecified atom stereocenters. The predicted molar refractivity (Wildman–Crippen MR) is 136 cm³/mol. The van der Waals surface area contributed by atoms with Crippen molar-refractivity contribution in [2.75, 3.05) is 0 Å². The number of carbonyl (C=O) groups is 1. The Hall–Kier alpha value is -1.69. The second kappa shape index (κ2) is 15.3. The maximum atomic E-state index is 11.7. The van der Waals surface area contributed by atoms with E-state index in [4.69, 9.17) is 9.47 Å². The molecule has 5 nitrogen and oxygen atoms in total. The number of aliphatic hydroxyl groups is 2. The van der Waals surface area contributed by atoms with E-state index in [2.05, 4.69) is 24.3 Å². The lowest BCUT2D eigenvalue weighted by Crippen LogP contribution is -2.26. The number of allylic oxidation sites excluding steroid dienone is 2. The predicted octanol–water partition coefficient (Wildman–Crippen LogP) is 5.62. The fourth-order valence-electron chi connectivity index (χ4n) is 4.95. The van der Waals surface area contributed by atoms with Crippen molar-refractivity contribution in [1.82, 2.24) is 0 Å². The standard InChI is InChI=1S/C29H46O5/c1-21(2)33-28-20-27(31)25(19-18-24(30)17-16-23-12-8-7-9-13-23)26(28)14-10-5-6-11-15-29(32)34-22(3)4/h5,7-10,12-13,21-22,24-28,30-31H,6,11,14-20H2,1-4H3/b10-5-/t24-,25+,26+,27+,28-/m0/s1. The van der Waals surface area contributed by atoms with Crippen LogP contribution < -0.4 is 0 Å². The Labute approximate surface area is 206 Å². The lowest BCUT2D eigenvalue weighted by molar-refractivity contribution is -0.147. The smallest absolute Gasteiger partial charge is 0.306 e. The molecule has 1 aliphatic rings. The summed E-state index contributed by atoms with van der Waals surface area (Å²) in [5, 5.41) is 21.4. The third-order valence-corrected chi connectivity index (χ3v) is 6.58. The number of aliphatic hydroxyl groups excluding tert-OH is 2. The lowest BCUT2D eigenvalue weighted by atomic mass is 9.85. The molecule has 0 aromatic heterocycles. The molecule has 0 bridgehead atoms. The molecule has 0 amide bonds. The monoisotopic (exact) mass is 474 g/mol. The maximum absolute atomic E-state index is 11.7. The topological polar surface area (TPSA) is 76.0 Å². The molecule has 0 aliphatic heterocycles. The van der Waals surface area contributed by atoms with E-state index in [1.807, 2.05) is 45.9 Å². The minimum Gasteiger partial charge on any atom is -0.463 e. The van der Waals surface area contributed by atoms with Crippen LogP contribution in [0.15, 0.2) is 42.5 Å². The van der Waals surface area contributed by atoms with Crippen LogP contribution in [-0.2, 0) is 20.7 Å². The first-order valence-electron chi connectivity index (χ1n) is 13.2. The summed E-state index contributed by atoms with van der Waals surface area (Å²) in [4.78, 5) is 11.7. The first-order valence-corrected chi connectivity index (χ1v) is 13.2. The summed E-state index contributed by atoms with van der Waals surface area (Å²) in [6, 6.07) is 10.3. The first-order chi connectivity index (χ1) is 16.3. The zero-order valence-electron chi connectivity index (χ0n) is 21.6. The number of hydrogen-bond donors (Lipinski definition) is 2. The summed E-state index contributed by atoms with van der Waals surface area (Å²) < 4.78 is 11.3. The van der Waals surface area contributed by atoms with Crippen molar-refractivity contribution in [3.8, 4) is 0 Å². The highest BCUT2D eigenvalue weighted by molar-refractivity contribution is 5.69. The summed E-state index contributed by atoms with van der Waals surface area (Å²) in [6.45, 7) is 7.80. The van der Waals surface area contributed by atoms with Crippen molar-refractivity contribution >= 4 is 5.97 Å². The van der Waals surface area contributed by atoms with E-state index in [0.29, 0.717) is 19.3 Å². The van der Waals surface area contributed by atoms with Crippen molar-refractivity contribution in [1.29, 1.82) is 0 Å². The maximum Gasteiger partial charge on any atom is 0.306 e. The van der Waals surface area contributed by atoms with E-state index in [1.165, 1.54) is 5.56 Å². The van der Waals surface area contributed by atoms with E-state index in [0.717, 1.165) is 38.5 Å². The van der Waals surface area contributed by atoms with Crippen LogP contribution in [0.25, 0.3) is 0 Å². The van der Waals surface area contributed by atoms with Gasteiger partial charge in [0.15, 0.2) is 0 Å². The highest BCUT2D eigenvalue weighted by Gasteiger charge is 2.42. The number of ether oxygens (including phenoxy) is 2. The molecule has 0 heterocycles. The molecule has 1 aliphatic carbocycles. The summed E-state index contributed by atoms with van der Waals surface area (Å²) in [6.07, 6.45) is 10.3. The highest BCUT2D eigenvalue weighted by atomic mass is 16.5. The average molecular weight is 475 g/mol. The third-order valence-electron chi connectivity index (χ3n) is 6.58. The number of hydrogen-bond acceptors (Lipinski definition) is 5. The molecule has 1 fully saturated rings. The number of aryl methyl sites for hydroxylation is 1. The van der Waals surface area contributed by atoms with Crippen molar-refractivity contribution in [3.63, 3.8) is 0 Å². The fraction of sp³-hybridized carbons (Fsp3) is 0.690. The zero-order chi connectivity index (χ0) is 24.9. The van der Waals surface area contributed by atoms with E-state index in [-0.39, 0.29) is 42.2 Å². The van der Waals surface area contributed by atoms with Crippen LogP contribution in [0.3, 0.4) is 0 Å². The van der Waals surface area contributed by atoms with E-state index in [9.17, 15) is 15.0 Å². The van der Waals surface area contributed by atoms with Gasteiger partial charge in [0.2, 0.25) is 0 Å². The molecule has 34 heavy (non-hydrogen) atoms. The van der Waals surface area contributed by atoms with Gasteiger partial charge in [-0.15, -0.1) is 0 Å². The first kappa shape index (κ1) is 28.5. The molecular weight excluding hydrogens is 428 g/mol. The zero-order valence-corrected chi connectivity index (χ0v) is 21.6. The minimum absolute atomic E-state index is 0.0344. The molecule has 0 radical (unpaired) electrons. The Morgan fingerprint density at radius 3 is 2.47 bits per heavy atom. The van der Waals surface area contributed by atoms with E-state index >= 15 is 0 Å². The second-order valence-electron chi connectivity index (χ2n) is 10.2. The van der Waals surface area contributed by atoms with Crippen LogP contribution in [0.5, 0.6) is 0 Å². The van der Waals surface area contributed by atoms with Gasteiger partial charge in [0.1, 0.15) is 0 Å². The molecule has 0 spiro atoms. The van der Waals surface area contributed by atoms with Crippen LogP contribution in [0.1, 0.15) is 84.6 Å². The van der Waals surface area contributed by atoms with Gasteiger partial charge in [-0.25, -0.2) is 0 Å². The van der Waals surface area contributed by atoms with Gasteiger partial charge in [0, 0.05) is 12.8 Å². The molecule has 0 saturated heterocycles. The minimum atomic E-state index is -0.394. The summed E-state index contributed by atoms with van der Waals surface area (Å²) in [7, 11) is 0. The Morgan fingerprint density at radius 1 is 1.06 bits per heavy atom. The molecule has 1 aromatic rings. The van der Waals surface area contributed by atoms with Crippen molar-refractivity contribution < 1.29 is 24.5 Å². The van der Waals surface area contributed by atoms with Crippen molar-refractivity contribution in [2.45, 2.75) is 116 Å². The number of benzene rings is 1. The summed E-state index contributed by atoms with van der Waals surface area (Å²) >= 11 is 0. The van der Waals surface area contributed by atoms with Crippen LogP contribution in [-0.4, -0.2) is 46.7 Å². The number of unbranched alkanes of at least 4 members (excludes halogenated alkanes) is 1. The van der Waals surface area contributed by atoms with Crippen LogP contribution in [0.4, 0.5) is 0 Å². The van der Waals surface area contributed by atoms with E-state index < -0.39 is 6.10 Å². The third kappa shape index (κ3) is 10.7. The van der Waals surface area contributed by atoms with Gasteiger partial charge in [0.05, 0.1) is 30.5 Å². The van der Waals surface area contributed by atoms with Crippen LogP contribution >= 0.6 is 0 Å². The molecule has 1 saturated carbocycles. The fourth-order valence-corrected chi connectivity index (χ4v) is 4.95. The second-order valence-corrected chi connectivity index (χ2v) is 10.2. The van der Waals surface area contributed by atoms with Gasteiger partial charge in [-0.1, -0.05) is 42.5 Å². The number of carbonyl (C=O) groups excluding carboxylic acids is 1. The molecular formula is C29H46O5. The number of rotatable bonds is 15. The van der Waals surface area contributed by atoms with Gasteiger partial charge in [-0.2, -0.15) is 0 Å². The Bertz CT molecular complexity index is 714. The van der Waals surface area contributed by atoms with Crippen LogP contribution in [0.2, 0.25) is 0 Å². The molecule has 5 heteroatoms. The van der Waals surface area contributed by atoms with Gasteiger partial charge < -0.3 is 19.7 Å². The van der Waals surface area contributed by atoms with Gasteiger partial charge in [0.25, 0.3) is 0 Å². The Kier molecular flexibility index (Phi) is 12.9. The lowest BCUT2D eigenvalue weighted by Gasteiger charge is -2.26. The van der Waals surface area contributed by atoms with E-state index in [1.54, 1.807) is 0 Å². The normalized spacial score (nSPS) is 23.8. The average Bonchev–Trinajstić information content (AvgIpc) is 3.06. The highest BCUT2D eigenvalue weighted by Crippen LogP contribution is 2.40. The SMILES string of the molecule is CC(C)OC(=O)CCC/C=C\C[C@@H]1[C@@H](CC[C@@H](O)CCc2ccccc2)[C@H](O)C[C@@H]1OC(C)C. The van der Waals surface area contributed by atoms with Gasteiger partial charge >= 0.3 is 5.97 Å². The van der Waals surface area contributed by atoms with Crippen molar-refractivity contribution in [2.24, 2.45) is 11.8 Å². The summed E-state index contributed by atoms with van der Waals surface area (Å²) in [5.41, 5.74) is 1.24. The Balaban J connectivity index is 1.83. The van der Waals surface area contributed by atoms with Gasteiger partial charge in [-0.3, -0.25) is 4.79 Å². The van der Waals surface area contributed by atoms with Crippen molar-refractivity contribution in [3.05, 3.63) is 48.0 Å². The Morgan fingerprint density at radius 2 is 1.79 bits per heavy atom. The largest absolute Gasteiger partial charge is 0.463 e. The summed E-state index contributed by atoms with van der Waals surface area (Å²) in [5.74, 6) is 0.222. The van der Waals surface area contributed by atoms with Crippen LogP contribution in [0, 0.1) is 11.8 Å². The molecule has 1 aromatic carbocycles. The molecule has 2 rings (SSSR count). The molecule has 2 N–H and O–H groups in total. The molecule has 192 valence electrons. The number of esters is 1. The molecule has 5 atom stereocenters. The quantitative estimate of drug-likeness (QED) is 0.196. The van der Waals surface area contributed by atoms with Gasteiger partial charge in [-0.05, 0) is 90.0 Å².